The largest absolute Gasteiger partial charge is 0.473 e. The van der Waals surface area contributed by atoms with Crippen LogP contribution in [-0.4, -0.2) is 114 Å². The van der Waals surface area contributed by atoms with Crippen molar-refractivity contribution in [1.82, 2.24) is 0 Å². The first kappa shape index (κ1) is 24.5. The van der Waals surface area contributed by atoms with E-state index in [2.05, 4.69) is 9.05 Å². The van der Waals surface area contributed by atoms with Crippen LogP contribution in [-0.2, 0) is 32.2 Å². The molecular weight excluding hydrogens is 460 g/mol. The fraction of sp³-hybridized carbons (Fsp3) is 1.00. The number of ether oxygens (including phenoxy) is 2. The Hall–Kier alpha value is -0.100. The Morgan fingerprint density at radius 3 is 2.13 bits per heavy atom. The summed E-state index contributed by atoms with van der Waals surface area (Å²) in [5.74, 6) is 0. The predicted octanol–water partition coefficient (Wildman–Crippen LogP) is -4.76. The normalized spacial score (nSPS) is 52.2. The van der Waals surface area contributed by atoms with Gasteiger partial charge >= 0.3 is 15.6 Å². The first-order chi connectivity index (χ1) is 13.7. The molecule has 1 saturated carbocycles. The molecule has 0 bridgehead atoms. The lowest BCUT2D eigenvalue weighted by Crippen LogP contribution is -2.67. The molecule has 0 aromatic heterocycles. The van der Waals surface area contributed by atoms with Crippen LogP contribution in [0.2, 0.25) is 0 Å². The van der Waals surface area contributed by atoms with Gasteiger partial charge in [-0.05, 0) is 0 Å². The van der Waals surface area contributed by atoms with Crippen molar-refractivity contribution in [2.45, 2.75) is 67.3 Å². The number of phosphoric ester groups is 2. The highest BCUT2D eigenvalue weighted by atomic mass is 31.2. The minimum atomic E-state index is -4.94. The van der Waals surface area contributed by atoms with Crippen molar-refractivity contribution in [3.05, 3.63) is 0 Å². The van der Waals surface area contributed by atoms with Gasteiger partial charge < -0.3 is 55.4 Å². The summed E-state index contributed by atoms with van der Waals surface area (Å²) in [6.07, 6.45) is -17.0. The molecule has 1 unspecified atom stereocenters. The number of aliphatic hydroxyl groups is 5. The van der Waals surface area contributed by atoms with Crippen LogP contribution in [0.15, 0.2) is 0 Å². The highest BCUT2D eigenvalue weighted by Gasteiger charge is 2.60. The molecule has 12 atom stereocenters. The van der Waals surface area contributed by atoms with Gasteiger partial charge in [-0.1, -0.05) is 0 Å². The SMILES string of the molecule is N[C@H]1[C@@H](O[C@@H]2[C@@H](O)[C@H](O)[C@@H](O)[C@H]3OP(=O)(O)O[C@H]32)O[C@H](COP(=O)(O)O)[C@@H](O)[C@@H]1O. The first-order valence-electron chi connectivity index (χ1n) is 8.58. The number of nitrogens with two attached hydrogens (primary N) is 1. The van der Waals surface area contributed by atoms with Crippen molar-refractivity contribution in [3.8, 4) is 0 Å². The van der Waals surface area contributed by atoms with Crippen LogP contribution in [0.4, 0.5) is 0 Å². The summed E-state index contributed by atoms with van der Waals surface area (Å²) in [5.41, 5.74) is 5.75. The average molecular weight is 483 g/mol. The van der Waals surface area contributed by atoms with Crippen molar-refractivity contribution in [3.63, 3.8) is 0 Å². The van der Waals surface area contributed by atoms with Crippen molar-refractivity contribution >= 4 is 15.6 Å². The minimum Gasteiger partial charge on any atom is -0.388 e. The van der Waals surface area contributed by atoms with E-state index in [4.69, 9.17) is 29.5 Å². The summed E-state index contributed by atoms with van der Waals surface area (Å²) in [6, 6.07) is -1.47. The molecule has 0 aromatic carbocycles. The van der Waals surface area contributed by atoms with E-state index in [1.165, 1.54) is 0 Å². The molecule has 3 fully saturated rings. The van der Waals surface area contributed by atoms with E-state index in [1.807, 2.05) is 0 Å². The Kier molecular flexibility index (Phi) is 7.10. The van der Waals surface area contributed by atoms with E-state index >= 15 is 0 Å². The standard InChI is InChI=1S/C12H23NO15P2/c13-3-5(15)4(14)2(1-24-29(19,20)21)25-12(3)26-9-7(17)6(16)8(18)10-11(9)28-30(22,23)27-10/h2-12,14-18H,1,13H2,(H,22,23)(H2,19,20,21)/t2-,3-,4-,5-,6+,7+,8-,9-,10-,11+,12-/m1/s1. The maximum Gasteiger partial charge on any atom is 0.473 e. The smallest absolute Gasteiger partial charge is 0.388 e. The van der Waals surface area contributed by atoms with Gasteiger partial charge in [0.2, 0.25) is 0 Å². The van der Waals surface area contributed by atoms with Crippen LogP contribution in [0.3, 0.4) is 0 Å². The first-order valence-corrected chi connectivity index (χ1v) is 11.6. The van der Waals surface area contributed by atoms with Gasteiger partial charge in [0, 0.05) is 0 Å². The Morgan fingerprint density at radius 1 is 0.933 bits per heavy atom. The molecule has 0 aromatic rings. The maximum absolute atomic E-state index is 11.7. The van der Waals surface area contributed by atoms with Crippen molar-refractivity contribution < 1.29 is 72.4 Å². The number of hydrogen-bond donors (Lipinski definition) is 9. The summed E-state index contributed by atoms with van der Waals surface area (Å²) in [5, 5.41) is 50.3. The molecule has 3 rings (SSSR count). The second-order valence-corrected chi connectivity index (χ2v) is 9.67. The third-order valence-electron chi connectivity index (χ3n) is 4.98. The Balaban J connectivity index is 1.78. The van der Waals surface area contributed by atoms with Crippen molar-refractivity contribution in [1.29, 1.82) is 0 Å². The van der Waals surface area contributed by atoms with E-state index in [0.29, 0.717) is 0 Å². The second-order valence-electron chi connectivity index (χ2n) is 7.07. The molecule has 176 valence electrons. The van der Waals surface area contributed by atoms with Gasteiger partial charge in [-0.15, -0.1) is 0 Å². The lowest BCUT2D eigenvalue weighted by molar-refractivity contribution is -0.307. The third-order valence-corrected chi connectivity index (χ3v) is 6.48. The van der Waals surface area contributed by atoms with Crippen LogP contribution < -0.4 is 5.73 Å². The summed E-state index contributed by atoms with van der Waals surface area (Å²) in [6.45, 7) is -0.874. The van der Waals surface area contributed by atoms with Gasteiger partial charge in [0.1, 0.15) is 54.9 Å². The zero-order valence-electron chi connectivity index (χ0n) is 15.0. The molecule has 18 heteroatoms. The predicted molar refractivity (Wildman–Crippen MR) is 89.1 cm³/mol. The Morgan fingerprint density at radius 2 is 1.53 bits per heavy atom. The number of rotatable bonds is 5. The second kappa shape index (κ2) is 8.68. The Labute approximate surface area is 168 Å². The van der Waals surface area contributed by atoms with Gasteiger partial charge in [0.25, 0.3) is 0 Å². The molecule has 0 radical (unpaired) electrons. The molecule has 2 saturated heterocycles. The minimum absolute atomic E-state index is 0.874. The van der Waals surface area contributed by atoms with Gasteiger partial charge in [-0.25, -0.2) is 9.13 Å². The van der Waals surface area contributed by atoms with Crippen LogP contribution in [0.1, 0.15) is 0 Å². The fourth-order valence-electron chi connectivity index (χ4n) is 3.44. The molecular formula is C12H23NO15P2. The molecule has 1 aliphatic carbocycles. The van der Waals surface area contributed by atoms with Gasteiger partial charge in [-0.3, -0.25) is 13.6 Å². The van der Waals surface area contributed by atoms with Crippen LogP contribution in [0.5, 0.6) is 0 Å². The van der Waals surface area contributed by atoms with Crippen molar-refractivity contribution in [2.75, 3.05) is 6.61 Å². The topological polar surface area (TPSA) is 268 Å². The molecule has 2 heterocycles. The highest BCUT2D eigenvalue weighted by molar-refractivity contribution is 7.47. The zero-order chi connectivity index (χ0) is 22.6. The van der Waals surface area contributed by atoms with Gasteiger partial charge in [0.15, 0.2) is 6.29 Å². The van der Waals surface area contributed by atoms with Crippen LogP contribution >= 0.6 is 15.6 Å². The van der Waals surface area contributed by atoms with E-state index in [0.717, 1.165) is 0 Å². The lowest BCUT2D eigenvalue weighted by Gasteiger charge is -2.45. The van der Waals surface area contributed by atoms with Gasteiger partial charge in [0.05, 0.1) is 12.6 Å². The molecule has 3 aliphatic rings. The molecule has 2 aliphatic heterocycles. The van der Waals surface area contributed by atoms with E-state index in [-0.39, 0.29) is 0 Å². The fourth-order valence-corrected chi connectivity index (χ4v) is 4.93. The molecule has 10 N–H and O–H groups in total. The average Bonchev–Trinajstić information content (AvgIpc) is 2.97. The van der Waals surface area contributed by atoms with Crippen molar-refractivity contribution in [2.24, 2.45) is 5.73 Å². The number of aliphatic hydroxyl groups excluding tert-OH is 5. The zero-order valence-corrected chi connectivity index (χ0v) is 16.8. The third kappa shape index (κ3) is 4.94. The summed E-state index contributed by atoms with van der Waals surface area (Å²) in [7, 11) is -9.58. The molecule has 16 nitrogen and oxygen atoms in total. The summed E-state index contributed by atoms with van der Waals surface area (Å²) in [4.78, 5) is 27.1. The highest BCUT2D eigenvalue weighted by Crippen LogP contribution is 2.56. The monoisotopic (exact) mass is 483 g/mol. The van der Waals surface area contributed by atoms with E-state index in [9.17, 15) is 39.6 Å². The van der Waals surface area contributed by atoms with Gasteiger partial charge in [-0.2, -0.15) is 0 Å². The molecule has 30 heavy (non-hydrogen) atoms. The lowest BCUT2D eigenvalue weighted by atomic mass is 9.84. The van der Waals surface area contributed by atoms with Crippen LogP contribution in [0.25, 0.3) is 0 Å². The Bertz CT molecular complexity index is 720. The van der Waals surface area contributed by atoms with E-state index < -0.39 is 89.5 Å². The van der Waals surface area contributed by atoms with Crippen LogP contribution in [0, 0.1) is 0 Å². The molecule has 0 amide bonds. The number of phosphoric acid groups is 2. The summed E-state index contributed by atoms with van der Waals surface area (Å²) >= 11 is 0. The molecule has 0 spiro atoms. The maximum atomic E-state index is 11.7. The summed E-state index contributed by atoms with van der Waals surface area (Å²) < 4.78 is 47.0. The quantitative estimate of drug-likeness (QED) is 0.166. The number of fused-ring (bicyclic) bond motifs is 1. The number of hydrogen-bond acceptors (Lipinski definition) is 13. The van der Waals surface area contributed by atoms with E-state index in [1.54, 1.807) is 0 Å².